The fourth-order valence-corrected chi connectivity index (χ4v) is 1.68. The molecule has 0 spiro atoms. The Morgan fingerprint density at radius 3 is 2.89 bits per heavy atom. The Labute approximate surface area is 112 Å². The second kappa shape index (κ2) is 7.11. The molecule has 0 atom stereocenters. The normalized spacial score (nSPS) is 11.2. The highest BCUT2D eigenvalue weighted by atomic mass is 16.5. The Kier molecular flexibility index (Phi) is 5.18. The minimum Gasteiger partial charge on any atom is -0.438 e. The molecule has 5 nitrogen and oxygen atoms in total. The fourth-order valence-electron chi connectivity index (χ4n) is 1.68. The Hall–Kier alpha value is -1.59. The van der Waals surface area contributed by atoms with Crippen LogP contribution in [0, 0.1) is 0 Å². The molecule has 2 aromatic rings. The summed E-state index contributed by atoms with van der Waals surface area (Å²) in [5.74, 6) is 0.564. The lowest BCUT2D eigenvalue weighted by atomic mass is 10.3. The van der Waals surface area contributed by atoms with Crippen LogP contribution in [-0.2, 0) is 16.1 Å². The van der Waals surface area contributed by atoms with E-state index in [9.17, 15) is 0 Å². The summed E-state index contributed by atoms with van der Waals surface area (Å²) in [6.07, 6.45) is 2.24. The Morgan fingerprint density at radius 2 is 2.05 bits per heavy atom. The van der Waals surface area contributed by atoms with Gasteiger partial charge in [-0.2, -0.15) is 0 Å². The summed E-state index contributed by atoms with van der Waals surface area (Å²) in [6, 6.07) is 5.41. The number of hydrogen-bond donors (Lipinski definition) is 1. The zero-order valence-electron chi connectivity index (χ0n) is 11.2. The van der Waals surface area contributed by atoms with E-state index in [2.05, 4.69) is 11.9 Å². The topological polar surface area (TPSA) is 70.5 Å². The minimum absolute atomic E-state index is 0.353. The first-order valence-electron chi connectivity index (χ1n) is 6.60. The van der Waals surface area contributed by atoms with Gasteiger partial charge < -0.3 is 19.6 Å². The average Bonchev–Trinajstić information content (AvgIpc) is 2.79. The second-order valence-electron chi connectivity index (χ2n) is 4.35. The maximum absolute atomic E-state index is 5.68. The largest absolute Gasteiger partial charge is 0.438 e. The molecule has 1 heterocycles. The second-order valence-corrected chi connectivity index (χ2v) is 4.35. The van der Waals surface area contributed by atoms with Crippen LogP contribution in [0.15, 0.2) is 22.6 Å². The van der Waals surface area contributed by atoms with E-state index in [4.69, 9.17) is 19.6 Å². The van der Waals surface area contributed by atoms with Gasteiger partial charge in [0.2, 0.25) is 5.89 Å². The zero-order valence-corrected chi connectivity index (χ0v) is 11.2. The number of anilines is 1. The molecule has 104 valence electrons. The van der Waals surface area contributed by atoms with Gasteiger partial charge in [-0.25, -0.2) is 4.98 Å². The van der Waals surface area contributed by atoms with Gasteiger partial charge in [-0.3, -0.25) is 0 Å². The average molecular weight is 264 g/mol. The van der Waals surface area contributed by atoms with E-state index in [1.165, 1.54) is 0 Å². The van der Waals surface area contributed by atoms with Crippen LogP contribution < -0.4 is 5.73 Å². The van der Waals surface area contributed by atoms with Gasteiger partial charge in [-0.05, 0) is 18.6 Å². The summed E-state index contributed by atoms with van der Waals surface area (Å²) >= 11 is 0. The van der Waals surface area contributed by atoms with Crippen LogP contribution >= 0.6 is 0 Å². The number of oxazole rings is 1. The number of hydrogen-bond acceptors (Lipinski definition) is 5. The third-order valence-corrected chi connectivity index (χ3v) is 2.70. The van der Waals surface area contributed by atoms with Crippen molar-refractivity contribution in [2.75, 3.05) is 25.6 Å². The first-order valence-corrected chi connectivity index (χ1v) is 6.60. The summed E-state index contributed by atoms with van der Waals surface area (Å²) in [5.41, 5.74) is 7.83. The third kappa shape index (κ3) is 4.22. The molecule has 2 N–H and O–H groups in total. The monoisotopic (exact) mass is 264 g/mol. The Morgan fingerprint density at radius 1 is 1.21 bits per heavy atom. The van der Waals surface area contributed by atoms with Crippen LogP contribution in [0.25, 0.3) is 11.1 Å². The zero-order chi connectivity index (χ0) is 13.5. The molecule has 0 amide bonds. The van der Waals surface area contributed by atoms with Gasteiger partial charge >= 0.3 is 0 Å². The molecule has 19 heavy (non-hydrogen) atoms. The molecule has 0 aliphatic carbocycles. The van der Waals surface area contributed by atoms with Crippen LogP contribution in [-0.4, -0.2) is 24.8 Å². The van der Waals surface area contributed by atoms with Gasteiger partial charge in [-0.1, -0.05) is 13.3 Å². The quantitative estimate of drug-likeness (QED) is 0.586. The van der Waals surface area contributed by atoms with E-state index >= 15 is 0 Å². The van der Waals surface area contributed by atoms with Gasteiger partial charge in [0.05, 0.1) is 13.2 Å². The number of aromatic nitrogens is 1. The van der Waals surface area contributed by atoms with Crippen molar-refractivity contribution in [3.8, 4) is 0 Å². The molecule has 1 aromatic heterocycles. The van der Waals surface area contributed by atoms with Crippen LogP contribution in [0.4, 0.5) is 5.69 Å². The van der Waals surface area contributed by atoms with Gasteiger partial charge in [0.15, 0.2) is 5.58 Å². The van der Waals surface area contributed by atoms with Crippen molar-refractivity contribution in [3.05, 3.63) is 24.1 Å². The molecule has 0 saturated carbocycles. The minimum atomic E-state index is 0.353. The van der Waals surface area contributed by atoms with Gasteiger partial charge in [0, 0.05) is 18.4 Å². The van der Waals surface area contributed by atoms with E-state index in [-0.39, 0.29) is 0 Å². The molecule has 5 heteroatoms. The molecule has 0 saturated heterocycles. The van der Waals surface area contributed by atoms with E-state index in [0.717, 1.165) is 25.0 Å². The highest BCUT2D eigenvalue weighted by Crippen LogP contribution is 2.18. The van der Waals surface area contributed by atoms with Crippen LogP contribution in [0.5, 0.6) is 0 Å². The highest BCUT2D eigenvalue weighted by molar-refractivity contribution is 5.76. The smallest absolute Gasteiger partial charge is 0.221 e. The van der Waals surface area contributed by atoms with Crippen molar-refractivity contribution in [2.45, 2.75) is 26.4 Å². The number of fused-ring (bicyclic) bond motifs is 1. The van der Waals surface area contributed by atoms with Crippen LogP contribution in [0.3, 0.4) is 0 Å². The highest BCUT2D eigenvalue weighted by Gasteiger charge is 2.05. The van der Waals surface area contributed by atoms with Gasteiger partial charge in [0.25, 0.3) is 0 Å². The number of nitrogen functional groups attached to an aromatic ring is 1. The molecule has 0 aliphatic rings. The summed E-state index contributed by atoms with van der Waals surface area (Å²) < 4.78 is 16.4. The molecule has 0 unspecified atom stereocenters. The number of ether oxygens (including phenoxy) is 2. The van der Waals surface area contributed by atoms with Gasteiger partial charge in [0.1, 0.15) is 12.1 Å². The number of unbranched alkanes of at least 4 members (excludes halogenated alkanes) is 1. The number of nitrogens with zero attached hydrogens (tertiary/aromatic N) is 1. The van der Waals surface area contributed by atoms with E-state index in [1.54, 1.807) is 12.1 Å². The molecule has 0 bridgehead atoms. The Bertz CT molecular complexity index is 510. The molecule has 0 radical (unpaired) electrons. The predicted molar refractivity (Wildman–Crippen MR) is 73.8 cm³/mol. The fraction of sp³-hybridized carbons (Fsp3) is 0.500. The van der Waals surface area contributed by atoms with Crippen LogP contribution in [0.2, 0.25) is 0 Å². The SMILES string of the molecule is CCCCOCCOCc1nc2ccc(N)cc2o1. The lowest BCUT2D eigenvalue weighted by Gasteiger charge is -2.03. The van der Waals surface area contributed by atoms with E-state index < -0.39 is 0 Å². The van der Waals surface area contributed by atoms with Crippen molar-refractivity contribution in [2.24, 2.45) is 0 Å². The van der Waals surface area contributed by atoms with Crippen molar-refractivity contribution >= 4 is 16.8 Å². The summed E-state index contributed by atoms with van der Waals surface area (Å²) in [5, 5.41) is 0. The molecule has 0 fully saturated rings. The summed E-state index contributed by atoms with van der Waals surface area (Å²) in [7, 11) is 0. The van der Waals surface area contributed by atoms with E-state index in [1.807, 2.05) is 6.07 Å². The standard InChI is InChI=1S/C14H20N2O3/c1-2-3-6-17-7-8-18-10-14-16-12-5-4-11(15)9-13(12)19-14/h4-5,9H,2-3,6-8,10,15H2,1H3. The molecular weight excluding hydrogens is 244 g/mol. The Balaban J connectivity index is 1.72. The summed E-state index contributed by atoms with van der Waals surface area (Å²) in [4.78, 5) is 4.31. The molecule has 1 aromatic carbocycles. The van der Waals surface area contributed by atoms with Crippen molar-refractivity contribution in [3.63, 3.8) is 0 Å². The maximum Gasteiger partial charge on any atom is 0.221 e. The number of nitrogens with two attached hydrogens (primary N) is 1. The van der Waals surface area contributed by atoms with Crippen molar-refractivity contribution in [1.82, 2.24) is 4.98 Å². The molecular formula is C14H20N2O3. The number of benzene rings is 1. The molecule has 2 rings (SSSR count). The van der Waals surface area contributed by atoms with E-state index in [0.29, 0.717) is 37.0 Å². The third-order valence-electron chi connectivity index (χ3n) is 2.70. The molecule has 0 aliphatic heterocycles. The maximum atomic E-state index is 5.68. The lowest BCUT2D eigenvalue weighted by molar-refractivity contribution is 0.0329. The van der Waals surface area contributed by atoms with Crippen molar-refractivity contribution < 1.29 is 13.9 Å². The number of rotatable bonds is 8. The predicted octanol–water partition coefficient (Wildman–Crippen LogP) is 2.74. The van der Waals surface area contributed by atoms with Crippen molar-refractivity contribution in [1.29, 1.82) is 0 Å². The summed E-state index contributed by atoms with van der Waals surface area (Å²) in [6.45, 7) is 4.44. The lowest BCUT2D eigenvalue weighted by Crippen LogP contribution is -2.05. The van der Waals surface area contributed by atoms with Gasteiger partial charge in [-0.15, -0.1) is 0 Å². The first-order chi connectivity index (χ1) is 9.29. The van der Waals surface area contributed by atoms with Crippen LogP contribution in [0.1, 0.15) is 25.7 Å². The first kappa shape index (κ1) is 13.8.